The Hall–Kier alpha value is -0.150. The van der Waals surface area contributed by atoms with Gasteiger partial charge in [0.05, 0.1) is 0 Å². The standard InChI is InChI=1S/C10H21FN2.C4H10/c1-9(2,3)13-6-4-10(11,8-12)5-7-13;1-4(2)3/h4-8,12H2,1-3H3;4H,1-3H3. The zero-order valence-corrected chi connectivity index (χ0v) is 12.5. The quantitative estimate of drug-likeness (QED) is 0.770. The van der Waals surface area contributed by atoms with Gasteiger partial charge in [0.1, 0.15) is 5.67 Å². The molecule has 1 rings (SSSR count). The van der Waals surface area contributed by atoms with Crippen LogP contribution in [0, 0.1) is 5.92 Å². The molecule has 1 fully saturated rings. The summed E-state index contributed by atoms with van der Waals surface area (Å²) in [6, 6.07) is 0. The first kappa shape index (κ1) is 16.9. The van der Waals surface area contributed by atoms with E-state index < -0.39 is 5.67 Å². The first-order valence-electron chi connectivity index (χ1n) is 6.75. The second-order valence-corrected chi connectivity index (χ2v) is 6.74. The van der Waals surface area contributed by atoms with E-state index in [0.29, 0.717) is 12.8 Å². The topological polar surface area (TPSA) is 29.3 Å². The van der Waals surface area contributed by atoms with Gasteiger partial charge in [0.15, 0.2) is 0 Å². The van der Waals surface area contributed by atoms with Crippen molar-refractivity contribution in [2.24, 2.45) is 11.7 Å². The smallest absolute Gasteiger partial charge is 0.125 e. The predicted molar refractivity (Wildman–Crippen MR) is 74.0 cm³/mol. The Balaban J connectivity index is 0.000000557. The van der Waals surface area contributed by atoms with E-state index >= 15 is 0 Å². The highest BCUT2D eigenvalue weighted by Gasteiger charge is 2.36. The van der Waals surface area contributed by atoms with Crippen LogP contribution in [-0.4, -0.2) is 35.7 Å². The second kappa shape index (κ2) is 6.69. The lowest BCUT2D eigenvalue weighted by atomic mass is 9.90. The molecule has 0 aromatic heterocycles. The van der Waals surface area contributed by atoms with Crippen molar-refractivity contribution >= 4 is 0 Å². The first-order valence-corrected chi connectivity index (χ1v) is 6.75. The van der Waals surface area contributed by atoms with Gasteiger partial charge in [-0.2, -0.15) is 0 Å². The molecule has 0 amide bonds. The molecule has 1 aliphatic heterocycles. The maximum absolute atomic E-state index is 13.7. The number of alkyl halides is 1. The van der Waals surface area contributed by atoms with Gasteiger partial charge in [-0.05, 0) is 39.5 Å². The lowest BCUT2D eigenvalue weighted by Gasteiger charge is -2.42. The minimum Gasteiger partial charge on any atom is -0.328 e. The largest absolute Gasteiger partial charge is 0.328 e. The first-order chi connectivity index (χ1) is 7.60. The molecule has 17 heavy (non-hydrogen) atoms. The molecule has 0 atom stereocenters. The number of nitrogens with zero attached hydrogens (tertiary/aromatic N) is 1. The monoisotopic (exact) mass is 246 g/mol. The van der Waals surface area contributed by atoms with Crippen LogP contribution in [0.3, 0.4) is 0 Å². The number of hydrogen-bond donors (Lipinski definition) is 1. The Morgan fingerprint density at radius 3 is 1.76 bits per heavy atom. The number of likely N-dealkylation sites (tertiary alicyclic amines) is 1. The van der Waals surface area contributed by atoms with Crippen LogP contribution < -0.4 is 5.73 Å². The summed E-state index contributed by atoms with van der Waals surface area (Å²) < 4.78 is 13.7. The molecular formula is C14H31FN2. The van der Waals surface area contributed by atoms with Crippen LogP contribution in [0.25, 0.3) is 0 Å². The fourth-order valence-corrected chi connectivity index (χ4v) is 1.78. The average molecular weight is 246 g/mol. The van der Waals surface area contributed by atoms with Gasteiger partial charge in [0, 0.05) is 25.2 Å². The van der Waals surface area contributed by atoms with E-state index in [1.807, 2.05) is 0 Å². The molecule has 0 aromatic rings. The highest BCUT2D eigenvalue weighted by atomic mass is 19.1. The third-order valence-electron chi connectivity index (χ3n) is 2.97. The van der Waals surface area contributed by atoms with Gasteiger partial charge in [-0.1, -0.05) is 20.8 Å². The van der Waals surface area contributed by atoms with Crippen LogP contribution in [0.4, 0.5) is 4.39 Å². The molecule has 1 aliphatic rings. The van der Waals surface area contributed by atoms with Crippen LogP contribution in [-0.2, 0) is 0 Å². The lowest BCUT2D eigenvalue weighted by molar-refractivity contribution is 0.0225. The SMILES string of the molecule is CC(C)(C)N1CCC(F)(CN)CC1.CC(C)C. The zero-order valence-electron chi connectivity index (χ0n) is 12.5. The van der Waals surface area contributed by atoms with Gasteiger partial charge < -0.3 is 5.73 Å². The van der Waals surface area contributed by atoms with Crippen molar-refractivity contribution in [2.45, 2.75) is 65.6 Å². The average Bonchev–Trinajstić information content (AvgIpc) is 2.16. The Labute approximate surface area is 107 Å². The molecule has 0 aliphatic carbocycles. The fourth-order valence-electron chi connectivity index (χ4n) is 1.78. The third kappa shape index (κ3) is 6.99. The molecule has 0 unspecified atom stereocenters. The van der Waals surface area contributed by atoms with Crippen LogP contribution >= 0.6 is 0 Å². The van der Waals surface area contributed by atoms with Crippen molar-refractivity contribution < 1.29 is 4.39 Å². The van der Waals surface area contributed by atoms with Crippen LogP contribution in [0.1, 0.15) is 54.4 Å². The summed E-state index contributed by atoms with van der Waals surface area (Å²) in [5.74, 6) is 0.833. The Morgan fingerprint density at radius 1 is 1.18 bits per heavy atom. The zero-order chi connectivity index (χ0) is 13.7. The molecule has 0 radical (unpaired) electrons. The van der Waals surface area contributed by atoms with Crippen LogP contribution in [0.2, 0.25) is 0 Å². The molecule has 2 N–H and O–H groups in total. The maximum atomic E-state index is 13.7. The van der Waals surface area contributed by atoms with Crippen molar-refractivity contribution in [1.29, 1.82) is 0 Å². The maximum Gasteiger partial charge on any atom is 0.125 e. The van der Waals surface area contributed by atoms with Gasteiger partial charge >= 0.3 is 0 Å². The summed E-state index contributed by atoms with van der Waals surface area (Å²) in [7, 11) is 0. The van der Waals surface area contributed by atoms with Gasteiger partial charge in [-0.3, -0.25) is 4.90 Å². The minimum absolute atomic E-state index is 0.163. The van der Waals surface area contributed by atoms with Gasteiger partial charge in [-0.25, -0.2) is 4.39 Å². The van der Waals surface area contributed by atoms with E-state index in [0.717, 1.165) is 19.0 Å². The Morgan fingerprint density at radius 2 is 1.53 bits per heavy atom. The van der Waals surface area contributed by atoms with E-state index in [2.05, 4.69) is 46.4 Å². The summed E-state index contributed by atoms with van der Waals surface area (Å²) in [5, 5.41) is 0. The van der Waals surface area contributed by atoms with E-state index in [9.17, 15) is 4.39 Å². The molecule has 0 saturated carbocycles. The van der Waals surface area contributed by atoms with Crippen molar-refractivity contribution in [3.8, 4) is 0 Å². The summed E-state index contributed by atoms with van der Waals surface area (Å²) in [6.45, 7) is 14.8. The minimum atomic E-state index is -1.10. The normalized spacial score (nSPS) is 21.0. The number of rotatable bonds is 1. The summed E-state index contributed by atoms with van der Waals surface area (Å²) >= 11 is 0. The highest BCUT2D eigenvalue weighted by Crippen LogP contribution is 2.28. The van der Waals surface area contributed by atoms with E-state index in [1.165, 1.54) is 0 Å². The second-order valence-electron chi connectivity index (χ2n) is 6.74. The number of nitrogens with two attached hydrogens (primary N) is 1. The number of piperidine rings is 1. The Bertz CT molecular complexity index is 198. The molecule has 1 saturated heterocycles. The highest BCUT2D eigenvalue weighted by molar-refractivity contribution is 4.90. The fraction of sp³-hybridized carbons (Fsp3) is 1.00. The van der Waals surface area contributed by atoms with Crippen molar-refractivity contribution in [2.75, 3.05) is 19.6 Å². The summed E-state index contributed by atoms with van der Waals surface area (Å²) in [5.41, 5.74) is 4.47. The molecule has 0 spiro atoms. The van der Waals surface area contributed by atoms with E-state index in [1.54, 1.807) is 0 Å². The number of halogens is 1. The summed E-state index contributed by atoms with van der Waals surface area (Å²) in [4.78, 5) is 2.32. The van der Waals surface area contributed by atoms with Crippen LogP contribution in [0.5, 0.6) is 0 Å². The van der Waals surface area contributed by atoms with Gasteiger partial charge in [-0.15, -0.1) is 0 Å². The molecule has 0 bridgehead atoms. The molecule has 104 valence electrons. The molecule has 0 aromatic carbocycles. The van der Waals surface area contributed by atoms with E-state index in [-0.39, 0.29) is 12.1 Å². The number of hydrogen-bond acceptors (Lipinski definition) is 2. The van der Waals surface area contributed by atoms with Crippen molar-refractivity contribution in [1.82, 2.24) is 4.90 Å². The molecule has 3 heteroatoms. The molecule has 1 heterocycles. The molecular weight excluding hydrogens is 215 g/mol. The van der Waals surface area contributed by atoms with Gasteiger partial charge in [0.25, 0.3) is 0 Å². The predicted octanol–water partition coefficient (Wildman–Crippen LogP) is 3.21. The van der Waals surface area contributed by atoms with E-state index in [4.69, 9.17) is 5.73 Å². The van der Waals surface area contributed by atoms with Crippen LogP contribution in [0.15, 0.2) is 0 Å². The van der Waals surface area contributed by atoms with Gasteiger partial charge in [0.2, 0.25) is 0 Å². The molecule has 2 nitrogen and oxygen atoms in total. The van der Waals surface area contributed by atoms with Crippen molar-refractivity contribution in [3.05, 3.63) is 0 Å². The summed E-state index contributed by atoms with van der Waals surface area (Å²) in [6.07, 6.45) is 1.17. The lowest BCUT2D eigenvalue weighted by Crippen LogP contribution is -2.52. The Kier molecular flexibility index (Phi) is 6.64. The third-order valence-corrected chi connectivity index (χ3v) is 2.97. The van der Waals surface area contributed by atoms with Crippen molar-refractivity contribution in [3.63, 3.8) is 0 Å².